The van der Waals surface area contributed by atoms with Gasteiger partial charge in [0.1, 0.15) is 11.5 Å². The second kappa shape index (κ2) is 10.0. The third-order valence-corrected chi connectivity index (χ3v) is 5.63. The molecule has 8 nitrogen and oxygen atoms in total. The van der Waals surface area contributed by atoms with E-state index in [2.05, 4.69) is 20.7 Å². The summed E-state index contributed by atoms with van der Waals surface area (Å²) in [5, 5.41) is 32.2. The van der Waals surface area contributed by atoms with E-state index in [0.717, 1.165) is 16.8 Å². The smallest absolute Gasteiger partial charge is 0.250 e. The molecule has 1 heterocycles. The zero-order chi connectivity index (χ0) is 23.2. The first-order valence-electron chi connectivity index (χ1n) is 10.1. The van der Waals surface area contributed by atoms with Crippen LogP contribution < -0.4 is 5.43 Å². The van der Waals surface area contributed by atoms with Gasteiger partial charge in [-0.25, -0.2) is 5.43 Å². The summed E-state index contributed by atoms with van der Waals surface area (Å²) in [7, 11) is 0. The summed E-state index contributed by atoms with van der Waals surface area (Å²) in [5.74, 6) is 0.217. The predicted octanol–water partition coefficient (Wildman–Crippen LogP) is 3.90. The lowest BCUT2D eigenvalue weighted by Crippen LogP contribution is -2.20. The normalized spacial score (nSPS) is 11.1. The highest BCUT2D eigenvalue weighted by Crippen LogP contribution is 2.28. The Morgan fingerprint density at radius 3 is 2.55 bits per heavy atom. The van der Waals surface area contributed by atoms with Gasteiger partial charge in [0.25, 0.3) is 5.91 Å². The second-order valence-electron chi connectivity index (χ2n) is 7.17. The molecule has 0 spiro atoms. The molecule has 0 saturated carbocycles. The first-order valence-corrected chi connectivity index (χ1v) is 11.0. The zero-order valence-electron chi connectivity index (χ0n) is 17.7. The van der Waals surface area contributed by atoms with Crippen molar-refractivity contribution in [1.82, 2.24) is 20.2 Å². The summed E-state index contributed by atoms with van der Waals surface area (Å²) >= 11 is 1.24. The Balaban J connectivity index is 1.49. The molecular formula is C24H21N5O3S. The molecule has 0 fully saturated rings. The molecule has 0 aliphatic heterocycles. The number of amides is 1. The Bertz CT molecular complexity index is 1290. The van der Waals surface area contributed by atoms with Crippen LogP contribution in [0.4, 0.5) is 0 Å². The molecule has 0 aliphatic carbocycles. The molecule has 9 heteroatoms. The van der Waals surface area contributed by atoms with E-state index in [1.165, 1.54) is 36.2 Å². The highest BCUT2D eigenvalue weighted by atomic mass is 32.2. The van der Waals surface area contributed by atoms with Crippen molar-refractivity contribution in [2.75, 3.05) is 5.75 Å². The standard InChI is InChI=1S/C24H21N5O3S/c1-16-7-10-19(11-8-16)29-23(17-5-3-2-4-6-17)27-28-24(29)33-15-22(32)26-25-14-18-9-12-20(30)13-21(18)31/h2-14,30-31H,15H2,1H3,(H,26,32)/b25-14+. The molecule has 0 saturated heterocycles. The van der Waals surface area contributed by atoms with Gasteiger partial charge >= 0.3 is 0 Å². The minimum atomic E-state index is -0.339. The fraction of sp³-hybridized carbons (Fsp3) is 0.0833. The summed E-state index contributed by atoms with van der Waals surface area (Å²) in [6.07, 6.45) is 1.31. The van der Waals surface area contributed by atoms with E-state index in [-0.39, 0.29) is 23.2 Å². The minimum Gasteiger partial charge on any atom is -0.508 e. The molecule has 0 radical (unpaired) electrons. The SMILES string of the molecule is Cc1ccc(-n2c(SCC(=O)N/N=C/c3ccc(O)cc3O)nnc2-c2ccccc2)cc1. The van der Waals surface area contributed by atoms with Crippen LogP contribution in [-0.2, 0) is 4.79 Å². The van der Waals surface area contributed by atoms with Crippen molar-refractivity contribution in [3.63, 3.8) is 0 Å². The van der Waals surface area contributed by atoms with E-state index in [1.54, 1.807) is 0 Å². The van der Waals surface area contributed by atoms with Crippen LogP contribution >= 0.6 is 11.8 Å². The van der Waals surface area contributed by atoms with E-state index in [0.29, 0.717) is 16.5 Å². The van der Waals surface area contributed by atoms with Crippen molar-refractivity contribution < 1.29 is 15.0 Å². The fourth-order valence-electron chi connectivity index (χ4n) is 3.04. The van der Waals surface area contributed by atoms with Gasteiger partial charge in [0, 0.05) is 22.9 Å². The third kappa shape index (κ3) is 5.39. The van der Waals surface area contributed by atoms with Crippen molar-refractivity contribution in [2.45, 2.75) is 12.1 Å². The molecule has 33 heavy (non-hydrogen) atoms. The maximum Gasteiger partial charge on any atom is 0.250 e. The number of carbonyl (C=O) groups excluding carboxylic acids is 1. The Kier molecular flexibility index (Phi) is 6.70. The first-order chi connectivity index (χ1) is 16.0. The number of thioether (sulfide) groups is 1. The van der Waals surface area contributed by atoms with Crippen LogP contribution in [0.25, 0.3) is 17.1 Å². The number of aromatic hydroxyl groups is 2. The maximum atomic E-state index is 12.3. The minimum absolute atomic E-state index is 0.0577. The molecule has 0 bridgehead atoms. The zero-order valence-corrected chi connectivity index (χ0v) is 18.5. The van der Waals surface area contributed by atoms with Gasteiger partial charge < -0.3 is 10.2 Å². The Labute approximate surface area is 194 Å². The number of aromatic nitrogens is 3. The molecule has 166 valence electrons. The van der Waals surface area contributed by atoms with Crippen LogP contribution in [-0.4, -0.2) is 42.9 Å². The summed E-state index contributed by atoms with van der Waals surface area (Å²) in [6, 6.07) is 21.8. The van der Waals surface area contributed by atoms with Gasteiger partial charge in [0.05, 0.1) is 12.0 Å². The molecule has 1 aromatic heterocycles. The monoisotopic (exact) mass is 459 g/mol. The van der Waals surface area contributed by atoms with E-state index in [4.69, 9.17) is 0 Å². The van der Waals surface area contributed by atoms with Gasteiger partial charge in [-0.2, -0.15) is 5.10 Å². The number of aryl methyl sites for hydroxylation is 1. The van der Waals surface area contributed by atoms with Crippen molar-refractivity contribution in [1.29, 1.82) is 0 Å². The molecule has 4 rings (SSSR count). The molecule has 4 aromatic rings. The summed E-state index contributed by atoms with van der Waals surface area (Å²) in [4.78, 5) is 12.3. The van der Waals surface area contributed by atoms with Crippen LogP contribution in [0.3, 0.4) is 0 Å². The van der Waals surface area contributed by atoms with Crippen LogP contribution in [0.15, 0.2) is 83.1 Å². The number of hydrogen-bond acceptors (Lipinski definition) is 7. The number of carbonyl (C=O) groups is 1. The Hall–Kier alpha value is -4.11. The summed E-state index contributed by atoms with van der Waals surface area (Å²) in [5.41, 5.74) is 5.75. The number of nitrogens with one attached hydrogen (secondary N) is 1. The highest BCUT2D eigenvalue weighted by Gasteiger charge is 2.17. The van der Waals surface area contributed by atoms with Crippen molar-refractivity contribution in [2.24, 2.45) is 5.10 Å². The Morgan fingerprint density at radius 2 is 1.82 bits per heavy atom. The molecule has 3 aromatic carbocycles. The van der Waals surface area contributed by atoms with Crippen molar-refractivity contribution in [3.05, 3.63) is 83.9 Å². The van der Waals surface area contributed by atoms with Crippen molar-refractivity contribution >= 4 is 23.9 Å². The maximum absolute atomic E-state index is 12.3. The summed E-state index contributed by atoms with van der Waals surface area (Å²) in [6.45, 7) is 2.02. The van der Waals surface area contributed by atoms with Gasteiger partial charge in [-0.3, -0.25) is 9.36 Å². The number of hydrazone groups is 1. The van der Waals surface area contributed by atoms with Crippen LogP contribution in [0, 0.1) is 6.92 Å². The lowest BCUT2D eigenvalue weighted by atomic mass is 10.2. The largest absolute Gasteiger partial charge is 0.508 e. The molecule has 0 aliphatic rings. The average Bonchev–Trinajstić information content (AvgIpc) is 3.24. The number of nitrogens with zero attached hydrogens (tertiary/aromatic N) is 4. The molecule has 0 atom stereocenters. The van der Waals surface area contributed by atoms with E-state index >= 15 is 0 Å². The van der Waals surface area contributed by atoms with Gasteiger partial charge in [-0.1, -0.05) is 59.8 Å². The predicted molar refractivity (Wildman–Crippen MR) is 128 cm³/mol. The Morgan fingerprint density at radius 1 is 1.06 bits per heavy atom. The topological polar surface area (TPSA) is 113 Å². The lowest BCUT2D eigenvalue weighted by molar-refractivity contribution is -0.118. The molecular weight excluding hydrogens is 438 g/mol. The molecule has 1 amide bonds. The first kappa shape index (κ1) is 22.1. The quantitative estimate of drug-likeness (QED) is 0.220. The van der Waals surface area contributed by atoms with Gasteiger partial charge in [0.2, 0.25) is 0 Å². The third-order valence-electron chi connectivity index (χ3n) is 4.70. The second-order valence-corrected chi connectivity index (χ2v) is 8.11. The molecule has 0 unspecified atom stereocenters. The average molecular weight is 460 g/mol. The van der Waals surface area contributed by atoms with Gasteiger partial charge in [-0.15, -0.1) is 10.2 Å². The fourth-order valence-corrected chi connectivity index (χ4v) is 3.79. The number of benzene rings is 3. The van der Waals surface area contributed by atoms with E-state index in [9.17, 15) is 15.0 Å². The highest BCUT2D eigenvalue weighted by molar-refractivity contribution is 7.99. The number of rotatable bonds is 7. The number of hydrogen-bond donors (Lipinski definition) is 3. The van der Waals surface area contributed by atoms with Gasteiger partial charge in [-0.05, 0) is 31.2 Å². The summed E-state index contributed by atoms with van der Waals surface area (Å²) < 4.78 is 1.92. The lowest BCUT2D eigenvalue weighted by Gasteiger charge is -2.10. The van der Waals surface area contributed by atoms with Crippen molar-refractivity contribution in [3.8, 4) is 28.6 Å². The van der Waals surface area contributed by atoms with E-state index in [1.807, 2.05) is 66.1 Å². The molecule has 3 N–H and O–H groups in total. The van der Waals surface area contributed by atoms with Crippen LogP contribution in [0.5, 0.6) is 11.5 Å². The van der Waals surface area contributed by atoms with Gasteiger partial charge in [0.15, 0.2) is 11.0 Å². The van der Waals surface area contributed by atoms with E-state index < -0.39 is 0 Å². The number of phenols is 2. The number of phenolic OH excluding ortho intramolecular Hbond substituents is 2. The van der Waals surface area contributed by atoms with Crippen LogP contribution in [0.1, 0.15) is 11.1 Å². The van der Waals surface area contributed by atoms with Crippen LogP contribution in [0.2, 0.25) is 0 Å².